The summed E-state index contributed by atoms with van der Waals surface area (Å²) in [6, 6.07) is 4.59. The zero-order valence-electron chi connectivity index (χ0n) is 16.9. The fourth-order valence-electron chi connectivity index (χ4n) is 4.14. The third-order valence-corrected chi connectivity index (χ3v) is 7.85. The van der Waals surface area contributed by atoms with Crippen molar-refractivity contribution in [2.45, 2.75) is 37.1 Å². The first-order valence-corrected chi connectivity index (χ1v) is 11.8. The van der Waals surface area contributed by atoms with Gasteiger partial charge in [0.1, 0.15) is 0 Å². The second-order valence-corrected chi connectivity index (χ2v) is 9.75. The van der Waals surface area contributed by atoms with E-state index in [1.165, 1.54) is 4.31 Å². The van der Waals surface area contributed by atoms with E-state index in [0.717, 1.165) is 32.4 Å². The topological polar surface area (TPSA) is 79.4 Å². The molecule has 3 heterocycles. The van der Waals surface area contributed by atoms with Gasteiger partial charge in [0, 0.05) is 51.8 Å². The van der Waals surface area contributed by atoms with Gasteiger partial charge in [-0.3, -0.25) is 9.69 Å². The lowest BCUT2D eigenvalue weighted by atomic mass is 10.2. The third kappa shape index (κ3) is 4.22. The molecule has 1 aromatic rings. The molecule has 0 bridgehead atoms. The number of carbonyl (C=O) groups excluding carboxylic acids is 1. The van der Waals surface area contributed by atoms with Gasteiger partial charge in [0.25, 0.3) is 0 Å². The van der Waals surface area contributed by atoms with E-state index in [9.17, 15) is 13.2 Å². The zero-order chi connectivity index (χ0) is 20.4. The highest BCUT2D eigenvalue weighted by Gasteiger charge is 2.34. The van der Waals surface area contributed by atoms with Crippen LogP contribution in [0.25, 0.3) is 0 Å². The van der Waals surface area contributed by atoms with Gasteiger partial charge in [-0.2, -0.15) is 4.31 Å². The van der Waals surface area contributed by atoms with Gasteiger partial charge in [0.2, 0.25) is 15.9 Å². The monoisotopic (exact) mass is 423 g/mol. The average molecular weight is 424 g/mol. The van der Waals surface area contributed by atoms with Crippen molar-refractivity contribution < 1.29 is 22.7 Å². The molecule has 0 unspecified atom stereocenters. The summed E-state index contributed by atoms with van der Waals surface area (Å²) < 4.78 is 39.0. The molecule has 2 fully saturated rings. The molecule has 0 aromatic heterocycles. The molecule has 3 aliphatic heterocycles. The highest BCUT2D eigenvalue weighted by Crippen LogP contribution is 2.33. The summed E-state index contributed by atoms with van der Waals surface area (Å²) in [6.07, 6.45) is 2.91. The fourth-order valence-corrected chi connectivity index (χ4v) is 5.58. The smallest absolute Gasteiger partial charge is 0.243 e. The van der Waals surface area contributed by atoms with Crippen LogP contribution in [0.5, 0.6) is 11.5 Å². The number of sulfonamides is 1. The number of ether oxygens (including phenoxy) is 2. The van der Waals surface area contributed by atoms with Crippen LogP contribution in [0.2, 0.25) is 0 Å². The van der Waals surface area contributed by atoms with Crippen molar-refractivity contribution in [2.75, 3.05) is 52.5 Å². The van der Waals surface area contributed by atoms with Gasteiger partial charge in [-0.1, -0.05) is 0 Å². The van der Waals surface area contributed by atoms with Crippen molar-refractivity contribution in [3.63, 3.8) is 0 Å². The van der Waals surface area contributed by atoms with Crippen molar-refractivity contribution in [3.8, 4) is 11.5 Å². The number of hydrogen-bond donors (Lipinski definition) is 0. The quantitative estimate of drug-likeness (QED) is 0.723. The summed E-state index contributed by atoms with van der Waals surface area (Å²) in [7, 11) is -3.62. The summed E-state index contributed by atoms with van der Waals surface area (Å²) in [5, 5.41) is 0. The zero-order valence-corrected chi connectivity index (χ0v) is 17.7. The first-order chi connectivity index (χ1) is 14.0. The normalized spacial score (nSPS) is 22.3. The van der Waals surface area contributed by atoms with Crippen LogP contribution in [-0.2, 0) is 14.8 Å². The Morgan fingerprint density at radius 1 is 0.931 bits per heavy atom. The molecule has 0 spiro atoms. The average Bonchev–Trinajstić information content (AvgIpc) is 3.18. The third-order valence-electron chi connectivity index (χ3n) is 5.95. The molecule has 0 radical (unpaired) electrons. The van der Waals surface area contributed by atoms with Crippen molar-refractivity contribution in [3.05, 3.63) is 18.2 Å². The summed E-state index contributed by atoms with van der Waals surface area (Å²) in [6.45, 7) is 6.50. The van der Waals surface area contributed by atoms with E-state index in [2.05, 4.69) is 4.90 Å². The lowest BCUT2D eigenvalue weighted by Gasteiger charge is -2.37. The van der Waals surface area contributed by atoms with Gasteiger partial charge in [-0.25, -0.2) is 8.42 Å². The summed E-state index contributed by atoms with van der Waals surface area (Å²) >= 11 is 0. The highest BCUT2D eigenvalue weighted by atomic mass is 32.2. The Bertz CT molecular complexity index is 846. The Kier molecular flexibility index (Phi) is 5.98. The fraction of sp³-hybridized carbons (Fsp3) is 0.650. The number of benzene rings is 1. The minimum atomic E-state index is -3.62. The van der Waals surface area contributed by atoms with E-state index in [1.807, 2.05) is 11.8 Å². The van der Waals surface area contributed by atoms with Crippen LogP contribution in [0.3, 0.4) is 0 Å². The van der Waals surface area contributed by atoms with E-state index >= 15 is 0 Å². The maximum Gasteiger partial charge on any atom is 0.243 e. The second kappa shape index (κ2) is 8.49. The Morgan fingerprint density at radius 3 is 2.28 bits per heavy atom. The molecule has 29 heavy (non-hydrogen) atoms. The Labute approximate surface area is 172 Å². The number of rotatable bonds is 4. The van der Waals surface area contributed by atoms with Crippen LogP contribution in [0.1, 0.15) is 26.2 Å². The number of amides is 1. The van der Waals surface area contributed by atoms with Crippen LogP contribution in [-0.4, -0.2) is 87.0 Å². The molecule has 1 amide bonds. The number of piperazine rings is 1. The van der Waals surface area contributed by atoms with Gasteiger partial charge >= 0.3 is 0 Å². The second-order valence-electron chi connectivity index (χ2n) is 7.81. The van der Waals surface area contributed by atoms with E-state index in [4.69, 9.17) is 9.47 Å². The number of likely N-dealkylation sites (tertiary alicyclic amines) is 1. The van der Waals surface area contributed by atoms with Gasteiger partial charge in [0.05, 0.1) is 24.2 Å². The lowest BCUT2D eigenvalue weighted by Crippen LogP contribution is -2.55. The Morgan fingerprint density at radius 2 is 1.59 bits per heavy atom. The summed E-state index contributed by atoms with van der Waals surface area (Å²) in [4.78, 5) is 16.9. The van der Waals surface area contributed by atoms with Gasteiger partial charge in [-0.05, 0) is 31.9 Å². The summed E-state index contributed by atoms with van der Waals surface area (Å²) in [5.74, 6) is 1.22. The molecule has 1 aromatic carbocycles. The molecule has 0 aliphatic carbocycles. The first-order valence-electron chi connectivity index (χ1n) is 10.4. The van der Waals surface area contributed by atoms with Crippen LogP contribution in [0.4, 0.5) is 0 Å². The van der Waals surface area contributed by atoms with E-state index in [-0.39, 0.29) is 16.8 Å². The summed E-state index contributed by atoms with van der Waals surface area (Å²) in [5.41, 5.74) is 0. The standard InChI is InChI=1S/C20H29N3O5S/c1-16(20(24)22-7-2-3-8-22)21-9-11-23(12-10-21)29(25,26)17-5-6-18-19(15-17)28-14-4-13-27-18/h5-6,15-16H,2-4,7-14H2,1H3/t16-/m1/s1. The van der Waals surface area contributed by atoms with Gasteiger partial charge < -0.3 is 14.4 Å². The molecule has 2 saturated heterocycles. The maximum absolute atomic E-state index is 13.1. The maximum atomic E-state index is 13.1. The predicted octanol–water partition coefficient (Wildman–Crippen LogP) is 1.17. The Hall–Kier alpha value is -1.84. The first kappa shape index (κ1) is 20.4. The minimum Gasteiger partial charge on any atom is -0.490 e. The van der Waals surface area contributed by atoms with Crippen LogP contribution in [0.15, 0.2) is 23.1 Å². The van der Waals surface area contributed by atoms with E-state index in [1.54, 1.807) is 18.2 Å². The molecule has 0 N–H and O–H groups in total. The molecule has 1 atom stereocenters. The Balaban J connectivity index is 1.41. The van der Waals surface area contributed by atoms with Crippen molar-refractivity contribution in [2.24, 2.45) is 0 Å². The number of hydrogen-bond acceptors (Lipinski definition) is 6. The molecule has 160 valence electrons. The van der Waals surface area contributed by atoms with E-state index < -0.39 is 10.0 Å². The molecule has 4 rings (SSSR count). The van der Waals surface area contributed by atoms with Crippen LogP contribution >= 0.6 is 0 Å². The number of carbonyl (C=O) groups is 1. The molecule has 9 heteroatoms. The SMILES string of the molecule is C[C@H](C(=O)N1CCCC1)N1CCN(S(=O)(=O)c2ccc3c(c2)OCCCO3)CC1. The molecular formula is C20H29N3O5S. The van der Waals surface area contributed by atoms with Crippen molar-refractivity contribution in [1.29, 1.82) is 0 Å². The molecule has 0 saturated carbocycles. The number of nitrogens with zero attached hydrogens (tertiary/aromatic N) is 3. The van der Waals surface area contributed by atoms with Crippen molar-refractivity contribution >= 4 is 15.9 Å². The van der Waals surface area contributed by atoms with E-state index in [0.29, 0.717) is 50.9 Å². The molecule has 8 nitrogen and oxygen atoms in total. The van der Waals surface area contributed by atoms with Crippen molar-refractivity contribution in [1.82, 2.24) is 14.1 Å². The minimum absolute atomic E-state index is 0.154. The van der Waals surface area contributed by atoms with Crippen LogP contribution in [0, 0.1) is 0 Å². The highest BCUT2D eigenvalue weighted by molar-refractivity contribution is 7.89. The lowest BCUT2D eigenvalue weighted by molar-refractivity contribution is -0.135. The molecular weight excluding hydrogens is 394 g/mol. The number of fused-ring (bicyclic) bond motifs is 1. The van der Waals surface area contributed by atoms with Crippen LogP contribution < -0.4 is 9.47 Å². The predicted molar refractivity (Wildman–Crippen MR) is 108 cm³/mol. The van der Waals surface area contributed by atoms with Gasteiger partial charge in [0.15, 0.2) is 11.5 Å². The molecule has 3 aliphatic rings. The largest absolute Gasteiger partial charge is 0.490 e. The van der Waals surface area contributed by atoms with Gasteiger partial charge in [-0.15, -0.1) is 0 Å².